The molecule has 2 heteroatoms. The van der Waals surface area contributed by atoms with Gasteiger partial charge in [-0.25, -0.2) is 0 Å². The Morgan fingerprint density at radius 2 is 1.72 bits per heavy atom. The Morgan fingerprint density at radius 3 is 2.11 bits per heavy atom. The predicted octanol–water partition coefficient (Wildman–Crippen LogP) is 4.41. The Balaban J connectivity index is 4.42. The minimum atomic E-state index is -0.341. The smallest absolute Gasteiger partial charge is 0.0881 e. The lowest BCUT2D eigenvalue weighted by Gasteiger charge is -2.35. The van der Waals surface area contributed by atoms with Crippen LogP contribution in [-0.2, 0) is 4.74 Å². The molecule has 0 aromatic rings. The Labute approximate surface area is 114 Å². The summed E-state index contributed by atoms with van der Waals surface area (Å²) in [7, 11) is 0. The molecule has 110 valence electrons. The van der Waals surface area contributed by atoms with Crippen LogP contribution >= 0.6 is 0 Å². The highest BCUT2D eigenvalue weighted by Crippen LogP contribution is 2.29. The summed E-state index contributed by atoms with van der Waals surface area (Å²) in [6.45, 7) is 13.5. The molecule has 0 saturated heterocycles. The number of unbranched alkanes of at least 4 members (excludes halogenated alkanes) is 1. The van der Waals surface area contributed by atoms with Crippen molar-refractivity contribution in [1.82, 2.24) is 0 Å². The van der Waals surface area contributed by atoms with Crippen LogP contribution in [0.1, 0.15) is 73.6 Å². The molecule has 0 aromatic carbocycles. The van der Waals surface area contributed by atoms with Gasteiger partial charge in [0.2, 0.25) is 0 Å². The van der Waals surface area contributed by atoms with Crippen LogP contribution < -0.4 is 0 Å². The summed E-state index contributed by atoms with van der Waals surface area (Å²) in [6.07, 6.45) is 5.36. The second-order valence-electron chi connectivity index (χ2n) is 6.46. The second kappa shape index (κ2) is 8.92. The monoisotopic (exact) mass is 258 g/mol. The van der Waals surface area contributed by atoms with Crippen molar-refractivity contribution in [2.75, 3.05) is 6.61 Å². The van der Waals surface area contributed by atoms with Gasteiger partial charge in [-0.2, -0.15) is 0 Å². The normalized spacial score (nSPS) is 17.5. The molecule has 0 aliphatic heterocycles. The average Bonchev–Trinajstić information content (AvgIpc) is 2.29. The van der Waals surface area contributed by atoms with E-state index in [1.54, 1.807) is 0 Å². The van der Waals surface area contributed by atoms with Crippen LogP contribution in [0.5, 0.6) is 0 Å². The average molecular weight is 258 g/mol. The van der Waals surface area contributed by atoms with Crippen molar-refractivity contribution in [2.45, 2.75) is 85.9 Å². The van der Waals surface area contributed by atoms with E-state index >= 15 is 0 Å². The standard InChI is InChI=1S/C16H34O2/c1-7-10-11-13(8-2)12-14(17)15(18-9-3)16(4,5)6/h13-15,17H,7-12H2,1-6H3. The first kappa shape index (κ1) is 17.9. The highest BCUT2D eigenvalue weighted by atomic mass is 16.5. The Bertz CT molecular complexity index is 196. The lowest BCUT2D eigenvalue weighted by atomic mass is 9.81. The van der Waals surface area contributed by atoms with Crippen LogP contribution in [0, 0.1) is 11.3 Å². The zero-order valence-corrected chi connectivity index (χ0v) is 13.3. The molecular formula is C16H34O2. The summed E-state index contributed by atoms with van der Waals surface area (Å²) in [6, 6.07) is 0. The van der Waals surface area contributed by atoms with Gasteiger partial charge in [0, 0.05) is 6.61 Å². The van der Waals surface area contributed by atoms with Crippen LogP contribution in [0.4, 0.5) is 0 Å². The highest BCUT2D eigenvalue weighted by Gasteiger charge is 2.32. The van der Waals surface area contributed by atoms with E-state index in [9.17, 15) is 5.11 Å². The van der Waals surface area contributed by atoms with E-state index in [4.69, 9.17) is 4.74 Å². The molecule has 0 amide bonds. The van der Waals surface area contributed by atoms with Gasteiger partial charge in [-0.15, -0.1) is 0 Å². The summed E-state index contributed by atoms with van der Waals surface area (Å²) in [5, 5.41) is 10.5. The van der Waals surface area contributed by atoms with Gasteiger partial charge in [-0.3, -0.25) is 0 Å². The minimum absolute atomic E-state index is 0.00151. The third-order valence-corrected chi connectivity index (χ3v) is 3.67. The number of hydrogen-bond acceptors (Lipinski definition) is 2. The minimum Gasteiger partial charge on any atom is -0.390 e. The van der Waals surface area contributed by atoms with Crippen molar-refractivity contribution in [3.05, 3.63) is 0 Å². The van der Waals surface area contributed by atoms with Crippen LogP contribution in [0.15, 0.2) is 0 Å². The largest absolute Gasteiger partial charge is 0.390 e. The van der Waals surface area contributed by atoms with Gasteiger partial charge in [0.05, 0.1) is 12.2 Å². The molecule has 0 saturated carbocycles. The highest BCUT2D eigenvalue weighted by molar-refractivity contribution is 4.82. The molecule has 0 aliphatic rings. The van der Waals surface area contributed by atoms with Gasteiger partial charge in [-0.05, 0) is 24.7 Å². The molecule has 0 aliphatic carbocycles. The predicted molar refractivity (Wildman–Crippen MR) is 78.8 cm³/mol. The van der Waals surface area contributed by atoms with Crippen LogP contribution in [0.25, 0.3) is 0 Å². The van der Waals surface area contributed by atoms with Crippen LogP contribution in [-0.4, -0.2) is 23.9 Å². The zero-order chi connectivity index (χ0) is 14.2. The number of rotatable bonds is 9. The SMILES string of the molecule is CCCCC(CC)CC(O)C(OCC)C(C)(C)C. The topological polar surface area (TPSA) is 29.5 Å². The third kappa shape index (κ3) is 6.75. The van der Waals surface area contributed by atoms with E-state index in [2.05, 4.69) is 34.6 Å². The fourth-order valence-corrected chi connectivity index (χ4v) is 2.56. The molecule has 18 heavy (non-hydrogen) atoms. The Morgan fingerprint density at radius 1 is 1.11 bits per heavy atom. The van der Waals surface area contributed by atoms with E-state index in [0.29, 0.717) is 12.5 Å². The van der Waals surface area contributed by atoms with Crippen molar-refractivity contribution in [3.63, 3.8) is 0 Å². The maximum atomic E-state index is 10.5. The number of aliphatic hydroxyl groups is 1. The second-order valence-corrected chi connectivity index (χ2v) is 6.46. The molecule has 0 fully saturated rings. The van der Waals surface area contributed by atoms with Gasteiger partial charge < -0.3 is 9.84 Å². The van der Waals surface area contributed by atoms with Crippen LogP contribution in [0.3, 0.4) is 0 Å². The quantitative estimate of drug-likeness (QED) is 0.664. The summed E-state index contributed by atoms with van der Waals surface area (Å²) in [5.41, 5.74) is -0.00151. The van der Waals surface area contributed by atoms with Gasteiger partial charge in [0.15, 0.2) is 0 Å². The Hall–Kier alpha value is -0.0800. The summed E-state index contributed by atoms with van der Waals surface area (Å²) in [5.74, 6) is 0.630. The maximum Gasteiger partial charge on any atom is 0.0881 e. The van der Waals surface area contributed by atoms with E-state index in [0.717, 1.165) is 12.8 Å². The van der Waals surface area contributed by atoms with Gasteiger partial charge in [0.1, 0.15) is 0 Å². The van der Waals surface area contributed by atoms with E-state index < -0.39 is 0 Å². The lowest BCUT2D eigenvalue weighted by Crippen LogP contribution is -2.41. The molecule has 0 heterocycles. The van der Waals surface area contributed by atoms with E-state index in [1.807, 2.05) is 6.92 Å². The fraction of sp³-hybridized carbons (Fsp3) is 1.00. The molecular weight excluding hydrogens is 224 g/mol. The fourth-order valence-electron chi connectivity index (χ4n) is 2.56. The summed E-state index contributed by atoms with van der Waals surface area (Å²) in [4.78, 5) is 0. The number of ether oxygens (including phenoxy) is 1. The van der Waals surface area contributed by atoms with Gasteiger partial charge in [-0.1, -0.05) is 60.3 Å². The van der Waals surface area contributed by atoms with Crippen molar-refractivity contribution < 1.29 is 9.84 Å². The maximum absolute atomic E-state index is 10.5. The molecule has 1 N–H and O–H groups in total. The first-order chi connectivity index (χ1) is 8.36. The van der Waals surface area contributed by atoms with Crippen molar-refractivity contribution >= 4 is 0 Å². The molecule has 3 unspecified atom stereocenters. The molecule has 0 rings (SSSR count). The molecule has 0 spiro atoms. The zero-order valence-electron chi connectivity index (χ0n) is 13.3. The third-order valence-electron chi connectivity index (χ3n) is 3.67. The van der Waals surface area contributed by atoms with E-state index in [1.165, 1.54) is 19.3 Å². The van der Waals surface area contributed by atoms with Gasteiger partial charge in [0.25, 0.3) is 0 Å². The first-order valence-corrected chi connectivity index (χ1v) is 7.66. The van der Waals surface area contributed by atoms with Crippen molar-refractivity contribution in [1.29, 1.82) is 0 Å². The molecule has 0 bridgehead atoms. The Kier molecular flexibility index (Phi) is 8.89. The molecule has 3 atom stereocenters. The lowest BCUT2D eigenvalue weighted by molar-refractivity contribution is -0.0951. The summed E-state index contributed by atoms with van der Waals surface area (Å²) < 4.78 is 5.77. The molecule has 0 aromatic heterocycles. The van der Waals surface area contributed by atoms with Gasteiger partial charge >= 0.3 is 0 Å². The van der Waals surface area contributed by atoms with Crippen LogP contribution in [0.2, 0.25) is 0 Å². The summed E-state index contributed by atoms with van der Waals surface area (Å²) >= 11 is 0. The van der Waals surface area contributed by atoms with Crippen molar-refractivity contribution in [3.8, 4) is 0 Å². The van der Waals surface area contributed by atoms with Crippen molar-refractivity contribution in [2.24, 2.45) is 11.3 Å². The number of hydrogen-bond donors (Lipinski definition) is 1. The number of aliphatic hydroxyl groups excluding tert-OH is 1. The first-order valence-electron chi connectivity index (χ1n) is 7.66. The van der Waals surface area contributed by atoms with E-state index in [-0.39, 0.29) is 17.6 Å². The molecule has 0 radical (unpaired) electrons. The molecule has 2 nitrogen and oxygen atoms in total.